The fourth-order valence-electron chi connectivity index (χ4n) is 6.98. The van der Waals surface area contributed by atoms with E-state index < -0.39 is 0 Å². The molecule has 0 radical (unpaired) electrons. The van der Waals surface area contributed by atoms with Crippen molar-refractivity contribution in [1.82, 2.24) is 0 Å². The monoisotopic (exact) mass is 328 g/mol. The van der Waals surface area contributed by atoms with E-state index in [9.17, 15) is 14.4 Å². The van der Waals surface area contributed by atoms with Crippen molar-refractivity contribution < 1.29 is 14.4 Å². The van der Waals surface area contributed by atoms with Gasteiger partial charge < -0.3 is 0 Å². The highest BCUT2D eigenvalue weighted by molar-refractivity contribution is 5.89. The van der Waals surface area contributed by atoms with Crippen molar-refractivity contribution in [2.75, 3.05) is 0 Å². The summed E-state index contributed by atoms with van der Waals surface area (Å²) in [6, 6.07) is 0. The molecule has 0 spiro atoms. The molecule has 4 rings (SSSR count). The molecule has 130 valence electrons. The minimum absolute atomic E-state index is 0.0542. The summed E-state index contributed by atoms with van der Waals surface area (Å²) in [5.41, 5.74) is 0.956. The third-order valence-electron chi connectivity index (χ3n) is 8.11. The zero-order valence-electron chi connectivity index (χ0n) is 15.1. The van der Waals surface area contributed by atoms with Crippen LogP contribution >= 0.6 is 0 Å². The molecule has 3 saturated carbocycles. The zero-order valence-corrected chi connectivity index (χ0v) is 15.1. The molecule has 0 saturated heterocycles. The van der Waals surface area contributed by atoms with Crippen LogP contribution in [0.25, 0.3) is 0 Å². The molecule has 0 aromatic carbocycles. The van der Waals surface area contributed by atoms with E-state index in [1.54, 1.807) is 6.92 Å². The SMILES string of the molecule is CC(=O)[C@H]1CC[C@H]2[C@@H]3CC=C4CC(=O)CC[C@]4(C)[C@H]3C(=O)C[C@]12C. The van der Waals surface area contributed by atoms with Gasteiger partial charge in [-0.25, -0.2) is 0 Å². The Morgan fingerprint density at radius 3 is 2.67 bits per heavy atom. The second kappa shape index (κ2) is 5.12. The molecule has 0 bridgehead atoms. The molecule has 0 N–H and O–H groups in total. The standard InChI is InChI=1S/C21H28O3/c1-12(22)16-6-7-17-15-5-4-13-10-14(23)8-9-20(13,2)19(15)18(24)11-21(16,17)3/h4,15-17,19H,5-11H2,1-3H3/t15-,16+,17-,19+,20-,21+/m0/s1. The van der Waals surface area contributed by atoms with Crippen LogP contribution in [0.3, 0.4) is 0 Å². The number of fused-ring (bicyclic) bond motifs is 5. The first-order valence-electron chi connectivity index (χ1n) is 9.52. The summed E-state index contributed by atoms with van der Waals surface area (Å²) in [4.78, 5) is 37.3. The molecule has 4 aliphatic carbocycles. The van der Waals surface area contributed by atoms with Gasteiger partial charge >= 0.3 is 0 Å². The summed E-state index contributed by atoms with van der Waals surface area (Å²) < 4.78 is 0. The number of rotatable bonds is 1. The van der Waals surface area contributed by atoms with Gasteiger partial charge in [-0.2, -0.15) is 0 Å². The Morgan fingerprint density at radius 1 is 1.21 bits per heavy atom. The number of hydrogen-bond acceptors (Lipinski definition) is 3. The molecule has 0 amide bonds. The van der Waals surface area contributed by atoms with Gasteiger partial charge in [-0.1, -0.05) is 25.5 Å². The smallest absolute Gasteiger partial charge is 0.137 e. The van der Waals surface area contributed by atoms with E-state index >= 15 is 0 Å². The molecule has 3 heteroatoms. The Hall–Kier alpha value is -1.25. The van der Waals surface area contributed by atoms with Crippen LogP contribution in [0.1, 0.15) is 65.7 Å². The minimum atomic E-state index is -0.143. The highest BCUT2D eigenvalue weighted by Gasteiger charge is 2.62. The number of carbonyl (C=O) groups is 3. The van der Waals surface area contributed by atoms with Crippen molar-refractivity contribution >= 4 is 17.3 Å². The molecule has 3 nitrogen and oxygen atoms in total. The van der Waals surface area contributed by atoms with Gasteiger partial charge in [0.15, 0.2) is 0 Å². The lowest BCUT2D eigenvalue weighted by molar-refractivity contribution is -0.147. The molecular weight excluding hydrogens is 300 g/mol. The third-order valence-corrected chi connectivity index (χ3v) is 8.11. The molecule has 4 aliphatic rings. The lowest BCUT2D eigenvalue weighted by Crippen LogP contribution is -2.55. The van der Waals surface area contributed by atoms with Gasteiger partial charge in [0.05, 0.1) is 0 Å². The normalized spacial score (nSPS) is 47.5. The summed E-state index contributed by atoms with van der Waals surface area (Å²) in [7, 11) is 0. The van der Waals surface area contributed by atoms with Gasteiger partial charge in [0, 0.05) is 31.1 Å². The van der Waals surface area contributed by atoms with Crippen molar-refractivity contribution in [1.29, 1.82) is 0 Å². The molecule has 0 aromatic rings. The predicted octanol–water partition coefficient (Wildman–Crippen LogP) is 3.90. The molecule has 0 aliphatic heterocycles. The summed E-state index contributed by atoms with van der Waals surface area (Å²) in [5, 5.41) is 0. The van der Waals surface area contributed by atoms with Crippen molar-refractivity contribution in [2.24, 2.45) is 34.5 Å². The predicted molar refractivity (Wildman–Crippen MR) is 91.3 cm³/mol. The zero-order chi connectivity index (χ0) is 17.3. The number of carbonyl (C=O) groups excluding carboxylic acids is 3. The highest BCUT2D eigenvalue weighted by atomic mass is 16.1. The average molecular weight is 328 g/mol. The first-order chi connectivity index (χ1) is 11.3. The van der Waals surface area contributed by atoms with Crippen LogP contribution in [-0.4, -0.2) is 17.3 Å². The summed E-state index contributed by atoms with van der Waals surface area (Å²) in [5.74, 6) is 1.89. The van der Waals surface area contributed by atoms with Crippen LogP contribution in [0, 0.1) is 34.5 Å². The second-order valence-corrected chi connectivity index (χ2v) is 9.24. The maximum atomic E-state index is 13.3. The molecule has 0 heterocycles. The summed E-state index contributed by atoms with van der Waals surface area (Å²) in [6.07, 6.45) is 7.75. The molecule has 0 unspecified atom stereocenters. The van der Waals surface area contributed by atoms with Gasteiger partial charge in [-0.3, -0.25) is 14.4 Å². The maximum absolute atomic E-state index is 13.3. The second-order valence-electron chi connectivity index (χ2n) is 9.24. The van der Waals surface area contributed by atoms with E-state index in [2.05, 4.69) is 19.9 Å². The topological polar surface area (TPSA) is 51.2 Å². The number of allylic oxidation sites excluding steroid dienone is 2. The van der Waals surface area contributed by atoms with Gasteiger partial charge in [0.2, 0.25) is 0 Å². The fourth-order valence-corrected chi connectivity index (χ4v) is 6.98. The Bertz CT molecular complexity index is 660. The Morgan fingerprint density at radius 2 is 1.96 bits per heavy atom. The number of hydrogen-bond donors (Lipinski definition) is 0. The van der Waals surface area contributed by atoms with Crippen LogP contribution < -0.4 is 0 Å². The third kappa shape index (κ3) is 1.99. The summed E-state index contributed by atoms with van der Waals surface area (Å²) >= 11 is 0. The van der Waals surface area contributed by atoms with Gasteiger partial charge in [-0.15, -0.1) is 0 Å². The van der Waals surface area contributed by atoms with Crippen LogP contribution in [0.2, 0.25) is 0 Å². The van der Waals surface area contributed by atoms with Crippen LogP contribution in [0.4, 0.5) is 0 Å². The van der Waals surface area contributed by atoms with Crippen molar-refractivity contribution in [3.63, 3.8) is 0 Å². The maximum Gasteiger partial charge on any atom is 0.137 e. The van der Waals surface area contributed by atoms with Gasteiger partial charge in [0.25, 0.3) is 0 Å². The first-order valence-corrected chi connectivity index (χ1v) is 9.52. The highest BCUT2D eigenvalue weighted by Crippen LogP contribution is 2.65. The molecular formula is C21H28O3. The minimum Gasteiger partial charge on any atom is -0.300 e. The van der Waals surface area contributed by atoms with E-state index in [1.165, 1.54) is 5.57 Å². The largest absolute Gasteiger partial charge is 0.300 e. The van der Waals surface area contributed by atoms with E-state index in [1.807, 2.05) is 0 Å². The number of Topliss-reactive ketones (excluding diaryl/α,β-unsaturated/α-hetero) is 3. The van der Waals surface area contributed by atoms with Gasteiger partial charge in [0.1, 0.15) is 17.3 Å². The summed E-state index contributed by atoms with van der Waals surface area (Å²) in [6.45, 7) is 6.11. The lowest BCUT2D eigenvalue weighted by atomic mass is 9.47. The quantitative estimate of drug-likeness (QED) is 0.686. The van der Waals surface area contributed by atoms with Crippen LogP contribution in [0.5, 0.6) is 0 Å². The number of ketones is 3. The first kappa shape index (κ1) is 16.2. The average Bonchev–Trinajstić information content (AvgIpc) is 2.84. The van der Waals surface area contributed by atoms with Crippen molar-refractivity contribution in [3.8, 4) is 0 Å². The fraction of sp³-hybridized carbons (Fsp3) is 0.762. The molecule has 0 aromatic heterocycles. The van der Waals surface area contributed by atoms with E-state index in [4.69, 9.17) is 0 Å². The van der Waals surface area contributed by atoms with Gasteiger partial charge in [-0.05, 0) is 55.3 Å². The van der Waals surface area contributed by atoms with Crippen LogP contribution in [-0.2, 0) is 14.4 Å². The Labute approximate surface area is 144 Å². The van der Waals surface area contributed by atoms with E-state index in [0.29, 0.717) is 42.7 Å². The Kier molecular flexibility index (Phi) is 3.47. The lowest BCUT2D eigenvalue weighted by Gasteiger charge is -2.56. The Balaban J connectivity index is 1.74. The molecule has 24 heavy (non-hydrogen) atoms. The van der Waals surface area contributed by atoms with E-state index in [0.717, 1.165) is 25.7 Å². The van der Waals surface area contributed by atoms with Crippen molar-refractivity contribution in [3.05, 3.63) is 11.6 Å². The molecule has 3 fully saturated rings. The van der Waals surface area contributed by atoms with Crippen molar-refractivity contribution in [2.45, 2.75) is 65.7 Å². The van der Waals surface area contributed by atoms with Crippen LogP contribution in [0.15, 0.2) is 11.6 Å². The van der Waals surface area contributed by atoms with E-state index in [-0.39, 0.29) is 28.4 Å². The molecule has 6 atom stereocenters.